The number of nitriles is 1. The first-order valence-electron chi connectivity index (χ1n) is 13.8. The van der Waals surface area contributed by atoms with Gasteiger partial charge in [-0.3, -0.25) is 4.79 Å². The van der Waals surface area contributed by atoms with Crippen LogP contribution in [0.25, 0.3) is 33.5 Å². The minimum Gasteiger partial charge on any atom is -0.466 e. The Morgan fingerprint density at radius 3 is 2.20 bits per heavy atom. The number of hydrogen-bond acceptors (Lipinski definition) is 8. The highest BCUT2D eigenvalue weighted by Crippen LogP contribution is 2.43. The number of nitrogens with one attached hydrogen (secondary N) is 1. The lowest BCUT2D eigenvalue weighted by molar-refractivity contribution is -0.148. The van der Waals surface area contributed by atoms with Gasteiger partial charge in [0.05, 0.1) is 23.6 Å². The number of carbonyl (C=O) groups is 1. The smallest absolute Gasteiger partial charge is 0.309 e. The molecule has 1 saturated heterocycles. The van der Waals surface area contributed by atoms with Gasteiger partial charge in [-0.2, -0.15) is 5.26 Å². The van der Waals surface area contributed by atoms with Crippen molar-refractivity contribution in [3.63, 3.8) is 0 Å². The van der Waals surface area contributed by atoms with E-state index < -0.39 is 0 Å². The molecule has 3 aromatic carbocycles. The normalized spacial score (nSPS) is 13.6. The van der Waals surface area contributed by atoms with Crippen molar-refractivity contribution in [3.05, 3.63) is 90.5 Å². The third kappa shape index (κ3) is 5.22. The van der Waals surface area contributed by atoms with Gasteiger partial charge >= 0.3 is 5.97 Å². The molecule has 1 fully saturated rings. The van der Waals surface area contributed by atoms with Gasteiger partial charge in [-0.05, 0) is 37.5 Å². The number of hydrogen-bond donors (Lipinski definition) is 1. The lowest BCUT2D eigenvalue weighted by Crippen LogP contribution is -2.37. The van der Waals surface area contributed by atoms with Gasteiger partial charge in [0.1, 0.15) is 17.4 Å². The number of fused-ring (bicyclic) bond motifs is 1. The summed E-state index contributed by atoms with van der Waals surface area (Å²) in [6.45, 7) is 3.45. The van der Waals surface area contributed by atoms with Crippen molar-refractivity contribution >= 4 is 34.5 Å². The summed E-state index contributed by atoms with van der Waals surface area (Å²) in [5.41, 5.74) is 4.32. The second-order valence-corrected chi connectivity index (χ2v) is 9.88. The molecule has 0 aliphatic carbocycles. The molecule has 0 unspecified atom stereocenters. The molecule has 1 N–H and O–H groups in total. The van der Waals surface area contributed by atoms with E-state index in [9.17, 15) is 10.1 Å². The molecule has 5 aromatic rings. The first kappa shape index (κ1) is 26.1. The van der Waals surface area contributed by atoms with Crippen LogP contribution >= 0.6 is 0 Å². The Hall–Kier alpha value is -5.16. The average molecular weight is 544 g/mol. The molecular weight excluding hydrogens is 514 g/mol. The van der Waals surface area contributed by atoms with Crippen molar-refractivity contribution < 1.29 is 13.9 Å². The Labute approximate surface area is 238 Å². The highest BCUT2D eigenvalue weighted by molar-refractivity contribution is 5.90. The van der Waals surface area contributed by atoms with Gasteiger partial charge < -0.3 is 19.4 Å². The minimum atomic E-state index is -0.147. The Balaban J connectivity index is 1.43. The molecule has 0 atom stereocenters. The zero-order valence-corrected chi connectivity index (χ0v) is 22.7. The number of rotatable bonds is 7. The van der Waals surface area contributed by atoms with Crippen molar-refractivity contribution in [2.24, 2.45) is 5.92 Å². The van der Waals surface area contributed by atoms with E-state index in [2.05, 4.69) is 16.3 Å². The summed E-state index contributed by atoms with van der Waals surface area (Å²) < 4.78 is 11.7. The molecule has 2 aromatic heterocycles. The summed E-state index contributed by atoms with van der Waals surface area (Å²) in [4.78, 5) is 24.3. The van der Waals surface area contributed by atoms with Gasteiger partial charge in [0.15, 0.2) is 11.6 Å². The fourth-order valence-electron chi connectivity index (χ4n) is 5.29. The van der Waals surface area contributed by atoms with Crippen LogP contribution < -0.4 is 10.2 Å². The number of aromatic nitrogens is 2. The third-order valence-corrected chi connectivity index (χ3v) is 7.32. The monoisotopic (exact) mass is 543 g/mol. The van der Waals surface area contributed by atoms with Crippen LogP contribution in [-0.2, 0) is 9.53 Å². The number of carbonyl (C=O) groups excluding carboxylic acids is 1. The zero-order valence-electron chi connectivity index (χ0n) is 22.7. The summed E-state index contributed by atoms with van der Waals surface area (Å²) in [6.07, 6.45) is 1.32. The summed E-state index contributed by atoms with van der Waals surface area (Å²) in [5, 5.41) is 13.7. The summed E-state index contributed by atoms with van der Waals surface area (Å²) in [6, 6.07) is 29.6. The maximum absolute atomic E-state index is 12.3. The molecule has 0 saturated carbocycles. The van der Waals surface area contributed by atoms with Crippen molar-refractivity contribution in [1.29, 1.82) is 5.26 Å². The lowest BCUT2D eigenvalue weighted by atomic mass is 9.97. The van der Waals surface area contributed by atoms with E-state index in [4.69, 9.17) is 19.1 Å². The van der Waals surface area contributed by atoms with Crippen LogP contribution in [0.4, 0.5) is 17.5 Å². The molecule has 6 rings (SSSR count). The quantitative estimate of drug-likeness (QED) is 0.220. The second-order valence-electron chi connectivity index (χ2n) is 9.88. The number of anilines is 3. The highest BCUT2D eigenvalue weighted by Gasteiger charge is 2.30. The van der Waals surface area contributed by atoms with Gasteiger partial charge in [0.2, 0.25) is 5.88 Å². The molecule has 41 heavy (non-hydrogen) atoms. The average Bonchev–Trinajstić information content (AvgIpc) is 3.40. The van der Waals surface area contributed by atoms with Crippen molar-refractivity contribution in [3.8, 4) is 28.5 Å². The first-order chi connectivity index (χ1) is 20.2. The number of piperidine rings is 1. The fourth-order valence-corrected chi connectivity index (χ4v) is 5.29. The third-order valence-electron chi connectivity index (χ3n) is 7.32. The van der Waals surface area contributed by atoms with E-state index in [0.29, 0.717) is 66.9 Å². The zero-order chi connectivity index (χ0) is 28.2. The van der Waals surface area contributed by atoms with Crippen LogP contribution in [0.5, 0.6) is 0 Å². The van der Waals surface area contributed by atoms with E-state index in [0.717, 1.165) is 22.2 Å². The molecule has 204 valence electrons. The second kappa shape index (κ2) is 11.5. The summed E-state index contributed by atoms with van der Waals surface area (Å²) in [5.74, 6) is 1.76. The molecular formula is C33H29N5O3. The molecule has 8 nitrogen and oxygen atoms in total. The van der Waals surface area contributed by atoms with Gasteiger partial charge in [0.25, 0.3) is 0 Å². The summed E-state index contributed by atoms with van der Waals surface area (Å²) in [7, 11) is 0. The molecule has 8 heteroatoms. The van der Waals surface area contributed by atoms with E-state index >= 15 is 0 Å². The maximum atomic E-state index is 12.3. The maximum Gasteiger partial charge on any atom is 0.309 e. The highest BCUT2D eigenvalue weighted by atomic mass is 16.5. The number of nitrogens with zero attached hydrogens (tertiary/aromatic N) is 4. The first-order valence-corrected chi connectivity index (χ1v) is 13.8. The van der Waals surface area contributed by atoms with Crippen LogP contribution in [0.2, 0.25) is 0 Å². The number of ether oxygens (including phenoxy) is 1. The topological polar surface area (TPSA) is 104 Å². The van der Waals surface area contributed by atoms with Crippen LogP contribution in [0.3, 0.4) is 0 Å². The fraction of sp³-hybridized carbons (Fsp3) is 0.212. The van der Waals surface area contributed by atoms with E-state index in [1.165, 1.54) is 0 Å². The van der Waals surface area contributed by atoms with Crippen LogP contribution in [-0.4, -0.2) is 35.6 Å². The van der Waals surface area contributed by atoms with Crippen molar-refractivity contribution in [1.82, 2.24) is 9.97 Å². The van der Waals surface area contributed by atoms with E-state index in [-0.39, 0.29) is 11.9 Å². The Morgan fingerprint density at radius 1 is 0.951 bits per heavy atom. The number of furan rings is 1. The summed E-state index contributed by atoms with van der Waals surface area (Å²) >= 11 is 0. The molecule has 0 spiro atoms. The van der Waals surface area contributed by atoms with E-state index in [1.807, 2.05) is 91.9 Å². The van der Waals surface area contributed by atoms with Crippen LogP contribution in [0, 0.1) is 17.2 Å². The van der Waals surface area contributed by atoms with Gasteiger partial charge in [-0.1, -0.05) is 72.8 Å². The van der Waals surface area contributed by atoms with Crippen molar-refractivity contribution in [2.45, 2.75) is 19.8 Å². The minimum absolute atomic E-state index is 0.131. The van der Waals surface area contributed by atoms with Crippen molar-refractivity contribution in [2.75, 3.05) is 29.9 Å². The molecule has 0 radical (unpaired) electrons. The van der Waals surface area contributed by atoms with Gasteiger partial charge in [-0.25, -0.2) is 9.97 Å². The lowest BCUT2D eigenvalue weighted by Gasteiger charge is -2.32. The predicted octanol–water partition coefficient (Wildman–Crippen LogP) is 6.95. The Kier molecular flexibility index (Phi) is 7.33. The molecule has 1 aliphatic rings. The van der Waals surface area contributed by atoms with Gasteiger partial charge in [0, 0.05) is 24.2 Å². The van der Waals surface area contributed by atoms with E-state index in [1.54, 1.807) is 0 Å². The number of para-hydroxylation sites is 2. The van der Waals surface area contributed by atoms with Crippen LogP contribution in [0.1, 0.15) is 25.3 Å². The number of esters is 1. The molecule has 1 aliphatic heterocycles. The standard InChI is InChI=1S/C33H29N5O3/c1-2-40-33(39)24-17-19-38(20-18-24)31-30(35-26-15-9-10-16-27(26)36-31)37-32-25(21-34)28(22-11-5-3-6-12-22)29(41-32)23-13-7-4-8-14-23/h3-16,24H,2,17-20H2,1H3,(H,35,37). The number of benzene rings is 3. The molecule has 0 bridgehead atoms. The largest absolute Gasteiger partial charge is 0.466 e. The molecule has 0 amide bonds. The Bertz CT molecular complexity index is 1720. The van der Waals surface area contributed by atoms with Crippen LogP contribution in [0.15, 0.2) is 89.3 Å². The predicted molar refractivity (Wildman–Crippen MR) is 159 cm³/mol. The van der Waals surface area contributed by atoms with Gasteiger partial charge in [-0.15, -0.1) is 0 Å². The SMILES string of the molecule is CCOC(=O)C1CCN(c2nc3ccccc3nc2Nc2oc(-c3ccccc3)c(-c3ccccc3)c2C#N)CC1. The molecule has 3 heterocycles. The Morgan fingerprint density at radius 2 is 1.56 bits per heavy atom.